The topological polar surface area (TPSA) is 62.6 Å². The number of hydrogen-bond donors (Lipinski definition) is 1. The molecule has 0 aliphatic heterocycles. The Hall–Kier alpha value is -0.850. The van der Waals surface area contributed by atoms with Crippen LogP contribution in [0.3, 0.4) is 0 Å². The second-order valence-corrected chi connectivity index (χ2v) is 5.26. The summed E-state index contributed by atoms with van der Waals surface area (Å²) in [6.07, 6.45) is 2.74. The molecule has 0 saturated carbocycles. The fraction of sp³-hybridized carbons (Fsp3) is 0.556. The minimum atomic E-state index is -3.18. The van der Waals surface area contributed by atoms with E-state index in [1.54, 1.807) is 19.2 Å². The van der Waals surface area contributed by atoms with Gasteiger partial charge in [0, 0.05) is 13.1 Å². The fourth-order valence-corrected chi connectivity index (χ4v) is 1.96. The standard InChI is InChI=1S/C9H16N2O3S/c1-10-5-6-11(15(2,12)13)8-9-4-3-7-14-9/h3-4,7,10H,5-6,8H2,1-2H3. The van der Waals surface area contributed by atoms with Crippen LogP contribution in [0.15, 0.2) is 22.8 Å². The Morgan fingerprint density at radius 3 is 2.73 bits per heavy atom. The largest absolute Gasteiger partial charge is 0.468 e. The molecule has 0 aromatic carbocycles. The molecule has 1 aromatic heterocycles. The Morgan fingerprint density at radius 2 is 2.27 bits per heavy atom. The monoisotopic (exact) mass is 232 g/mol. The van der Waals surface area contributed by atoms with Gasteiger partial charge in [-0.2, -0.15) is 4.31 Å². The van der Waals surface area contributed by atoms with Crippen LogP contribution < -0.4 is 5.32 Å². The van der Waals surface area contributed by atoms with E-state index in [1.165, 1.54) is 16.8 Å². The lowest BCUT2D eigenvalue weighted by atomic mass is 10.4. The van der Waals surface area contributed by atoms with Gasteiger partial charge in [0.15, 0.2) is 0 Å². The second kappa shape index (κ2) is 5.29. The molecule has 0 unspecified atom stereocenters. The van der Waals surface area contributed by atoms with Crippen LogP contribution in [0, 0.1) is 0 Å². The molecule has 0 fully saturated rings. The zero-order chi connectivity index (χ0) is 11.3. The molecule has 86 valence electrons. The van der Waals surface area contributed by atoms with Gasteiger partial charge in [0.2, 0.25) is 10.0 Å². The fourth-order valence-electron chi connectivity index (χ4n) is 1.17. The second-order valence-electron chi connectivity index (χ2n) is 3.28. The Kier molecular flexibility index (Phi) is 4.31. The molecule has 5 nitrogen and oxygen atoms in total. The first-order chi connectivity index (χ1) is 7.04. The molecule has 0 bridgehead atoms. The predicted octanol–water partition coefficient (Wildman–Crippen LogP) is 0.261. The van der Waals surface area contributed by atoms with Crippen molar-refractivity contribution in [3.8, 4) is 0 Å². The van der Waals surface area contributed by atoms with E-state index in [1.807, 2.05) is 0 Å². The minimum Gasteiger partial charge on any atom is -0.468 e. The van der Waals surface area contributed by atoms with Gasteiger partial charge in [-0.05, 0) is 19.2 Å². The van der Waals surface area contributed by atoms with Crippen LogP contribution >= 0.6 is 0 Å². The number of nitrogens with zero attached hydrogens (tertiary/aromatic N) is 1. The van der Waals surface area contributed by atoms with Gasteiger partial charge in [-0.1, -0.05) is 0 Å². The van der Waals surface area contributed by atoms with Crippen molar-refractivity contribution in [2.24, 2.45) is 0 Å². The number of furan rings is 1. The summed E-state index contributed by atoms with van der Waals surface area (Å²) >= 11 is 0. The molecular weight excluding hydrogens is 216 g/mol. The van der Waals surface area contributed by atoms with Crippen LogP contribution in [-0.4, -0.2) is 39.1 Å². The molecule has 15 heavy (non-hydrogen) atoms. The summed E-state index contributed by atoms with van der Waals surface area (Å²) in [6.45, 7) is 1.34. The van der Waals surface area contributed by atoms with Gasteiger partial charge in [0.05, 0.1) is 19.1 Å². The van der Waals surface area contributed by atoms with Crippen molar-refractivity contribution in [2.45, 2.75) is 6.54 Å². The Morgan fingerprint density at radius 1 is 1.53 bits per heavy atom. The van der Waals surface area contributed by atoms with Gasteiger partial charge < -0.3 is 9.73 Å². The van der Waals surface area contributed by atoms with Crippen LogP contribution in [0.2, 0.25) is 0 Å². The third kappa shape index (κ3) is 4.03. The summed E-state index contributed by atoms with van der Waals surface area (Å²) in [5, 5.41) is 2.91. The lowest BCUT2D eigenvalue weighted by molar-refractivity contribution is 0.365. The SMILES string of the molecule is CNCCN(Cc1ccco1)S(C)(=O)=O. The van der Waals surface area contributed by atoms with E-state index in [0.717, 1.165) is 0 Å². The molecule has 1 aromatic rings. The number of nitrogens with one attached hydrogen (secondary N) is 1. The summed E-state index contributed by atoms with van der Waals surface area (Å²) in [4.78, 5) is 0. The normalized spacial score (nSPS) is 12.2. The molecule has 0 aliphatic carbocycles. The van der Waals surface area contributed by atoms with Crippen LogP contribution in [-0.2, 0) is 16.6 Å². The van der Waals surface area contributed by atoms with Gasteiger partial charge in [0.1, 0.15) is 5.76 Å². The molecule has 0 saturated heterocycles. The van der Waals surface area contributed by atoms with Crippen molar-refractivity contribution in [3.63, 3.8) is 0 Å². The molecule has 0 atom stereocenters. The highest BCUT2D eigenvalue weighted by Crippen LogP contribution is 2.08. The molecule has 1 heterocycles. The number of rotatable bonds is 6. The molecule has 6 heteroatoms. The van der Waals surface area contributed by atoms with Crippen molar-refractivity contribution < 1.29 is 12.8 Å². The van der Waals surface area contributed by atoms with E-state index in [-0.39, 0.29) is 6.54 Å². The third-order valence-electron chi connectivity index (χ3n) is 1.99. The Bertz CT molecular complexity index is 372. The van der Waals surface area contributed by atoms with Crippen LogP contribution in [0.5, 0.6) is 0 Å². The van der Waals surface area contributed by atoms with E-state index in [2.05, 4.69) is 5.32 Å². The molecule has 0 spiro atoms. The van der Waals surface area contributed by atoms with E-state index < -0.39 is 10.0 Å². The molecule has 0 amide bonds. The summed E-state index contributed by atoms with van der Waals surface area (Å²) in [5.41, 5.74) is 0. The van der Waals surface area contributed by atoms with Crippen molar-refractivity contribution in [3.05, 3.63) is 24.2 Å². The lowest BCUT2D eigenvalue weighted by Gasteiger charge is -2.18. The number of sulfonamides is 1. The van der Waals surface area contributed by atoms with E-state index >= 15 is 0 Å². The first-order valence-corrected chi connectivity index (χ1v) is 6.51. The van der Waals surface area contributed by atoms with E-state index in [9.17, 15) is 8.42 Å². The first-order valence-electron chi connectivity index (χ1n) is 4.66. The third-order valence-corrected chi connectivity index (χ3v) is 3.24. The van der Waals surface area contributed by atoms with E-state index in [0.29, 0.717) is 18.8 Å². The molecule has 0 radical (unpaired) electrons. The van der Waals surface area contributed by atoms with Gasteiger partial charge in [-0.15, -0.1) is 0 Å². The van der Waals surface area contributed by atoms with Crippen LogP contribution in [0.1, 0.15) is 5.76 Å². The smallest absolute Gasteiger partial charge is 0.211 e. The number of likely N-dealkylation sites (N-methyl/N-ethyl adjacent to an activating group) is 1. The van der Waals surface area contributed by atoms with E-state index in [4.69, 9.17) is 4.42 Å². The highest BCUT2D eigenvalue weighted by atomic mass is 32.2. The zero-order valence-corrected chi connectivity index (χ0v) is 9.75. The highest BCUT2D eigenvalue weighted by molar-refractivity contribution is 7.88. The minimum absolute atomic E-state index is 0.285. The van der Waals surface area contributed by atoms with Crippen molar-refractivity contribution in [1.82, 2.24) is 9.62 Å². The summed E-state index contributed by atoms with van der Waals surface area (Å²) < 4.78 is 29.3. The quantitative estimate of drug-likeness (QED) is 0.764. The molecular formula is C9H16N2O3S. The lowest BCUT2D eigenvalue weighted by Crippen LogP contribution is -2.34. The van der Waals surface area contributed by atoms with Crippen molar-refractivity contribution >= 4 is 10.0 Å². The summed E-state index contributed by atoms with van der Waals surface area (Å²) in [7, 11) is -1.39. The Balaban J connectivity index is 2.65. The Labute approximate surface area is 90.1 Å². The maximum absolute atomic E-state index is 11.4. The van der Waals surface area contributed by atoms with Gasteiger partial charge in [-0.25, -0.2) is 8.42 Å². The van der Waals surface area contributed by atoms with Gasteiger partial charge in [0.25, 0.3) is 0 Å². The molecule has 1 N–H and O–H groups in total. The highest BCUT2D eigenvalue weighted by Gasteiger charge is 2.17. The van der Waals surface area contributed by atoms with Gasteiger partial charge >= 0.3 is 0 Å². The average molecular weight is 232 g/mol. The van der Waals surface area contributed by atoms with Crippen LogP contribution in [0.4, 0.5) is 0 Å². The van der Waals surface area contributed by atoms with Crippen molar-refractivity contribution in [2.75, 3.05) is 26.4 Å². The predicted molar refractivity (Wildman–Crippen MR) is 57.9 cm³/mol. The summed E-state index contributed by atoms with van der Waals surface area (Å²) in [5.74, 6) is 0.650. The van der Waals surface area contributed by atoms with Crippen LogP contribution in [0.25, 0.3) is 0 Å². The summed E-state index contributed by atoms with van der Waals surface area (Å²) in [6, 6.07) is 3.51. The zero-order valence-electron chi connectivity index (χ0n) is 8.93. The average Bonchev–Trinajstić information content (AvgIpc) is 2.62. The number of hydrogen-bond acceptors (Lipinski definition) is 4. The molecule has 1 rings (SSSR count). The molecule has 0 aliphatic rings. The maximum Gasteiger partial charge on any atom is 0.211 e. The maximum atomic E-state index is 11.4. The first kappa shape index (κ1) is 12.2. The van der Waals surface area contributed by atoms with Crippen molar-refractivity contribution in [1.29, 1.82) is 0 Å². The van der Waals surface area contributed by atoms with Gasteiger partial charge in [-0.3, -0.25) is 0 Å².